The van der Waals surface area contributed by atoms with E-state index in [1.54, 1.807) is 38.4 Å². The van der Waals surface area contributed by atoms with Crippen LogP contribution in [0.25, 0.3) is 21.2 Å². The van der Waals surface area contributed by atoms with Crippen molar-refractivity contribution in [3.63, 3.8) is 0 Å². The minimum absolute atomic E-state index is 0.234. The van der Waals surface area contributed by atoms with Crippen LogP contribution in [-0.4, -0.2) is 64.3 Å². The number of fused-ring (bicyclic) bond motifs is 2. The molecule has 0 bridgehead atoms. The third-order valence-corrected chi connectivity index (χ3v) is 6.39. The Morgan fingerprint density at radius 2 is 1.73 bits per heavy atom. The van der Waals surface area contributed by atoms with Crippen LogP contribution in [0.15, 0.2) is 40.8 Å². The van der Waals surface area contributed by atoms with Crippen LogP contribution in [0.1, 0.15) is 17.0 Å². The molecule has 4 aromatic rings. The van der Waals surface area contributed by atoms with Crippen molar-refractivity contribution in [1.29, 1.82) is 0 Å². The standard InChI is InChI=1S/C24H27N3O5S/c1-26(2)12-7-13-27(23(28)19-14-15-8-6-9-17(30-4)21(15)32-19)24-25-20-16(29-3)10-11-18(31-5)22(20)33-24/h6,8-11,14H,7,12-13H2,1-5H3. The summed E-state index contributed by atoms with van der Waals surface area (Å²) in [4.78, 5) is 22.2. The summed E-state index contributed by atoms with van der Waals surface area (Å²) < 4.78 is 23.2. The number of carbonyl (C=O) groups is 1. The molecule has 0 radical (unpaired) electrons. The number of carbonyl (C=O) groups excluding carboxylic acids is 1. The van der Waals surface area contributed by atoms with E-state index in [4.69, 9.17) is 23.6 Å². The SMILES string of the molecule is COc1ccc(OC)c2sc(N(CCCN(C)C)C(=O)c3cc4cccc(OC)c4o3)nc12. The second kappa shape index (κ2) is 9.68. The molecule has 33 heavy (non-hydrogen) atoms. The molecule has 1 amide bonds. The average Bonchev–Trinajstić information content (AvgIpc) is 3.45. The lowest BCUT2D eigenvalue weighted by molar-refractivity contribution is 0.0961. The fourth-order valence-electron chi connectivity index (χ4n) is 3.65. The first kappa shape index (κ1) is 22.9. The Morgan fingerprint density at radius 3 is 2.42 bits per heavy atom. The average molecular weight is 470 g/mol. The van der Waals surface area contributed by atoms with Crippen LogP contribution in [0.4, 0.5) is 5.13 Å². The molecule has 0 spiro atoms. The largest absolute Gasteiger partial charge is 0.495 e. The number of rotatable bonds is 9. The molecule has 8 nitrogen and oxygen atoms in total. The summed E-state index contributed by atoms with van der Waals surface area (Å²) in [6.45, 7) is 1.31. The van der Waals surface area contributed by atoms with Gasteiger partial charge in [0, 0.05) is 11.9 Å². The number of benzene rings is 2. The van der Waals surface area contributed by atoms with Crippen molar-refractivity contribution in [2.45, 2.75) is 6.42 Å². The van der Waals surface area contributed by atoms with E-state index < -0.39 is 0 Å². The van der Waals surface area contributed by atoms with Crippen molar-refractivity contribution in [3.05, 3.63) is 42.2 Å². The van der Waals surface area contributed by atoms with Gasteiger partial charge in [-0.25, -0.2) is 4.98 Å². The van der Waals surface area contributed by atoms with Gasteiger partial charge in [-0.3, -0.25) is 9.69 Å². The number of ether oxygens (including phenoxy) is 3. The minimum atomic E-state index is -0.260. The molecule has 0 aliphatic heterocycles. The van der Waals surface area contributed by atoms with E-state index in [9.17, 15) is 4.79 Å². The Morgan fingerprint density at radius 1 is 1.00 bits per heavy atom. The van der Waals surface area contributed by atoms with E-state index in [0.29, 0.717) is 40.0 Å². The fourth-order valence-corrected chi connectivity index (χ4v) is 4.75. The highest BCUT2D eigenvalue weighted by atomic mass is 32.1. The van der Waals surface area contributed by atoms with Gasteiger partial charge in [-0.1, -0.05) is 23.5 Å². The Bertz CT molecular complexity index is 1240. The second-order valence-corrected chi connectivity index (χ2v) is 8.72. The van der Waals surface area contributed by atoms with E-state index in [1.165, 1.54) is 11.3 Å². The predicted molar refractivity (Wildman–Crippen MR) is 130 cm³/mol. The first-order valence-electron chi connectivity index (χ1n) is 10.5. The molecule has 2 aromatic carbocycles. The molecule has 174 valence electrons. The van der Waals surface area contributed by atoms with Crippen LogP contribution in [0.2, 0.25) is 0 Å². The zero-order valence-corrected chi connectivity index (χ0v) is 20.2. The summed E-state index contributed by atoms with van der Waals surface area (Å²) in [5, 5.41) is 1.36. The maximum absolute atomic E-state index is 13.7. The lowest BCUT2D eigenvalue weighted by Crippen LogP contribution is -2.33. The first-order valence-corrected chi connectivity index (χ1v) is 11.3. The monoisotopic (exact) mass is 469 g/mol. The summed E-state index contributed by atoms with van der Waals surface area (Å²) in [5.41, 5.74) is 1.21. The molecule has 0 saturated carbocycles. The first-order chi connectivity index (χ1) is 16.0. The number of para-hydroxylation sites is 1. The van der Waals surface area contributed by atoms with Crippen molar-refractivity contribution in [3.8, 4) is 17.2 Å². The maximum Gasteiger partial charge on any atom is 0.295 e. The lowest BCUT2D eigenvalue weighted by Gasteiger charge is -2.19. The van der Waals surface area contributed by atoms with Crippen molar-refractivity contribution in [2.24, 2.45) is 0 Å². The van der Waals surface area contributed by atoms with Crippen LogP contribution in [-0.2, 0) is 0 Å². The van der Waals surface area contributed by atoms with Gasteiger partial charge >= 0.3 is 0 Å². The smallest absolute Gasteiger partial charge is 0.295 e. The van der Waals surface area contributed by atoms with Gasteiger partial charge in [0.05, 0.1) is 21.3 Å². The molecule has 2 aromatic heterocycles. The van der Waals surface area contributed by atoms with Crippen molar-refractivity contribution in [2.75, 3.05) is 53.4 Å². The molecule has 0 aliphatic carbocycles. The van der Waals surface area contributed by atoms with Crippen molar-refractivity contribution < 1.29 is 23.4 Å². The number of anilines is 1. The highest BCUT2D eigenvalue weighted by Crippen LogP contribution is 2.40. The van der Waals surface area contributed by atoms with Crippen molar-refractivity contribution >= 4 is 43.6 Å². The maximum atomic E-state index is 13.7. The van der Waals surface area contributed by atoms with E-state index >= 15 is 0 Å². The molecule has 0 saturated heterocycles. The molecule has 9 heteroatoms. The fraction of sp³-hybridized carbons (Fsp3) is 0.333. The number of hydrogen-bond acceptors (Lipinski definition) is 8. The molecular formula is C24H27N3O5S. The Balaban J connectivity index is 1.77. The highest BCUT2D eigenvalue weighted by Gasteiger charge is 2.26. The number of methoxy groups -OCH3 is 3. The molecular weight excluding hydrogens is 442 g/mol. The van der Waals surface area contributed by atoms with Gasteiger partial charge in [-0.05, 0) is 51.3 Å². The van der Waals surface area contributed by atoms with E-state index in [0.717, 1.165) is 23.1 Å². The molecule has 2 heterocycles. The summed E-state index contributed by atoms with van der Waals surface area (Å²) >= 11 is 1.39. The Hall–Kier alpha value is -3.30. The van der Waals surface area contributed by atoms with Gasteiger partial charge in [-0.15, -0.1) is 0 Å². The lowest BCUT2D eigenvalue weighted by atomic mass is 10.2. The number of amides is 1. The van der Waals surface area contributed by atoms with E-state index in [-0.39, 0.29) is 11.7 Å². The normalized spacial score (nSPS) is 11.3. The van der Waals surface area contributed by atoms with Crippen LogP contribution in [0, 0.1) is 0 Å². The summed E-state index contributed by atoms with van der Waals surface area (Å²) in [6, 6.07) is 11.0. The van der Waals surface area contributed by atoms with Crippen LogP contribution in [0.5, 0.6) is 17.2 Å². The third kappa shape index (κ3) is 4.46. The number of aromatic nitrogens is 1. The van der Waals surface area contributed by atoms with Gasteiger partial charge in [-0.2, -0.15) is 0 Å². The van der Waals surface area contributed by atoms with Crippen LogP contribution < -0.4 is 19.1 Å². The molecule has 0 N–H and O–H groups in total. The molecule has 0 unspecified atom stereocenters. The number of thiazole rings is 1. The molecule has 0 fully saturated rings. The minimum Gasteiger partial charge on any atom is -0.495 e. The topological polar surface area (TPSA) is 77.3 Å². The quantitative estimate of drug-likeness (QED) is 0.353. The highest BCUT2D eigenvalue weighted by molar-refractivity contribution is 7.22. The predicted octanol–water partition coefficient (Wildman–Crippen LogP) is 4.67. The zero-order chi connectivity index (χ0) is 23.5. The Labute approximate surface area is 196 Å². The van der Waals surface area contributed by atoms with E-state index in [1.807, 2.05) is 38.4 Å². The number of nitrogens with zero attached hydrogens (tertiary/aromatic N) is 3. The Kier molecular flexibility index (Phi) is 6.71. The van der Waals surface area contributed by atoms with Gasteiger partial charge in [0.2, 0.25) is 0 Å². The summed E-state index contributed by atoms with van der Waals surface area (Å²) in [7, 11) is 8.80. The third-order valence-electron chi connectivity index (χ3n) is 5.30. The zero-order valence-electron chi connectivity index (χ0n) is 19.4. The molecule has 0 aliphatic rings. The second-order valence-electron chi connectivity index (χ2n) is 7.75. The van der Waals surface area contributed by atoms with Crippen LogP contribution >= 0.6 is 11.3 Å². The van der Waals surface area contributed by atoms with Crippen LogP contribution in [0.3, 0.4) is 0 Å². The van der Waals surface area contributed by atoms with Gasteiger partial charge in [0.1, 0.15) is 21.7 Å². The van der Waals surface area contributed by atoms with Gasteiger partial charge < -0.3 is 23.5 Å². The number of hydrogen-bond donors (Lipinski definition) is 0. The number of furan rings is 1. The molecule has 0 atom stereocenters. The summed E-state index contributed by atoms with van der Waals surface area (Å²) in [6.07, 6.45) is 0.770. The van der Waals surface area contributed by atoms with Gasteiger partial charge in [0.15, 0.2) is 22.2 Å². The summed E-state index contributed by atoms with van der Waals surface area (Å²) in [5.74, 6) is 1.87. The van der Waals surface area contributed by atoms with Gasteiger partial charge in [0.25, 0.3) is 5.91 Å². The van der Waals surface area contributed by atoms with E-state index in [2.05, 4.69) is 4.90 Å². The van der Waals surface area contributed by atoms with Crippen molar-refractivity contribution in [1.82, 2.24) is 9.88 Å². The molecule has 4 rings (SSSR count).